The summed E-state index contributed by atoms with van der Waals surface area (Å²) in [5, 5.41) is 2.27. The van der Waals surface area contributed by atoms with Gasteiger partial charge in [-0.2, -0.15) is 0 Å². The van der Waals surface area contributed by atoms with Crippen LogP contribution in [0, 0.1) is 0 Å². The van der Waals surface area contributed by atoms with Crippen LogP contribution in [0.5, 0.6) is 0 Å². The minimum absolute atomic E-state index is 0.215. The fourth-order valence-electron chi connectivity index (χ4n) is 2.38. The van der Waals surface area contributed by atoms with Gasteiger partial charge in [-0.05, 0) is 18.1 Å². The first kappa shape index (κ1) is 17.6. The Morgan fingerprint density at radius 1 is 1.23 bits per heavy atom. The molecule has 0 radical (unpaired) electrons. The van der Waals surface area contributed by atoms with E-state index in [9.17, 15) is 14.4 Å². The molecule has 3 amide bonds. The number of imide groups is 1. The molecule has 5 heteroatoms. The van der Waals surface area contributed by atoms with Gasteiger partial charge >= 0.3 is 0 Å². The summed E-state index contributed by atoms with van der Waals surface area (Å²) in [5.74, 6) is -0.916. The Bertz CT molecular complexity index is 558. The summed E-state index contributed by atoms with van der Waals surface area (Å²) in [6.07, 6.45) is 7.14. The number of rotatable bonds is 4. The van der Waals surface area contributed by atoms with Gasteiger partial charge in [0.25, 0.3) is 5.91 Å². The van der Waals surface area contributed by atoms with E-state index in [0.717, 1.165) is 5.57 Å². The van der Waals surface area contributed by atoms with Gasteiger partial charge in [0.2, 0.25) is 11.8 Å². The van der Waals surface area contributed by atoms with E-state index in [1.165, 1.54) is 4.90 Å². The lowest BCUT2D eigenvalue weighted by atomic mass is 10.0. The molecule has 1 fully saturated rings. The van der Waals surface area contributed by atoms with Crippen molar-refractivity contribution in [2.24, 2.45) is 0 Å². The highest BCUT2D eigenvalue weighted by atomic mass is 16.2. The van der Waals surface area contributed by atoms with E-state index in [1.807, 2.05) is 13.8 Å². The highest BCUT2D eigenvalue weighted by molar-refractivity contribution is 6.06. The maximum atomic E-state index is 12.4. The van der Waals surface area contributed by atoms with E-state index in [1.54, 1.807) is 24.3 Å². The van der Waals surface area contributed by atoms with E-state index < -0.39 is 11.9 Å². The van der Waals surface area contributed by atoms with Crippen LogP contribution >= 0.6 is 0 Å². The number of carbonyl (C=O) groups excluding carboxylic acids is 3. The first-order chi connectivity index (χ1) is 10.6. The third-order valence-corrected chi connectivity index (χ3v) is 3.41. The Balaban J connectivity index is 0.00000116. The fraction of sp³-hybridized carbons (Fsp3) is 0.353. The van der Waals surface area contributed by atoms with Crippen LogP contribution in [0.4, 0.5) is 0 Å². The number of piperidine rings is 1. The maximum Gasteiger partial charge on any atom is 0.255 e. The lowest BCUT2D eigenvalue weighted by molar-refractivity contribution is -0.142. The molecule has 22 heavy (non-hydrogen) atoms. The number of nitrogens with zero attached hydrogens (tertiary/aromatic N) is 1. The third-order valence-electron chi connectivity index (χ3n) is 3.41. The van der Waals surface area contributed by atoms with Gasteiger partial charge in [-0.1, -0.05) is 45.2 Å². The lowest BCUT2D eigenvalue weighted by Gasteiger charge is -2.29. The molecular weight excluding hydrogens is 280 g/mol. The predicted octanol–water partition coefficient (Wildman–Crippen LogP) is 1.88. The van der Waals surface area contributed by atoms with Crippen molar-refractivity contribution in [3.05, 3.63) is 48.6 Å². The second-order valence-corrected chi connectivity index (χ2v) is 4.64. The van der Waals surface area contributed by atoms with Gasteiger partial charge in [0, 0.05) is 18.5 Å². The Labute approximate surface area is 131 Å². The second kappa shape index (κ2) is 8.12. The molecule has 0 aliphatic carbocycles. The molecule has 0 aromatic heterocycles. The van der Waals surface area contributed by atoms with Crippen LogP contribution in [0.1, 0.15) is 26.7 Å². The van der Waals surface area contributed by atoms with Crippen LogP contribution < -0.4 is 5.32 Å². The van der Waals surface area contributed by atoms with Crippen molar-refractivity contribution >= 4 is 17.7 Å². The van der Waals surface area contributed by atoms with Gasteiger partial charge in [-0.15, -0.1) is 0 Å². The highest BCUT2D eigenvalue weighted by Crippen LogP contribution is 2.26. The van der Waals surface area contributed by atoms with Crippen LogP contribution in [0.2, 0.25) is 0 Å². The predicted molar refractivity (Wildman–Crippen MR) is 85.8 cm³/mol. The molecule has 1 N–H and O–H groups in total. The van der Waals surface area contributed by atoms with Crippen molar-refractivity contribution < 1.29 is 14.4 Å². The molecule has 0 saturated carbocycles. The summed E-state index contributed by atoms with van der Waals surface area (Å²) in [6.45, 7) is 11.6. The molecule has 0 aromatic carbocycles. The average Bonchev–Trinajstić information content (AvgIpc) is 2.83. The molecule has 2 aliphatic heterocycles. The minimum Gasteiger partial charge on any atom is -0.322 e. The zero-order valence-corrected chi connectivity index (χ0v) is 13.1. The quantitative estimate of drug-likeness (QED) is 0.637. The van der Waals surface area contributed by atoms with Gasteiger partial charge in [0.1, 0.15) is 6.04 Å². The van der Waals surface area contributed by atoms with Gasteiger partial charge in [-0.25, -0.2) is 0 Å². The average molecular weight is 302 g/mol. The van der Waals surface area contributed by atoms with Gasteiger partial charge in [0.05, 0.1) is 0 Å². The number of carbonyl (C=O) groups is 3. The van der Waals surface area contributed by atoms with Gasteiger partial charge in [0.15, 0.2) is 0 Å². The van der Waals surface area contributed by atoms with E-state index in [-0.39, 0.29) is 18.2 Å². The Hall–Kier alpha value is -2.43. The molecule has 2 heterocycles. The summed E-state index contributed by atoms with van der Waals surface area (Å²) in [7, 11) is 0. The zero-order valence-electron chi connectivity index (χ0n) is 13.1. The van der Waals surface area contributed by atoms with Crippen LogP contribution in [-0.4, -0.2) is 35.2 Å². The van der Waals surface area contributed by atoms with Crippen LogP contribution in [0.25, 0.3) is 0 Å². The molecule has 0 spiro atoms. The van der Waals surface area contributed by atoms with Crippen molar-refractivity contribution in [1.29, 1.82) is 0 Å². The molecule has 2 aliphatic rings. The monoisotopic (exact) mass is 302 g/mol. The molecule has 5 nitrogen and oxygen atoms in total. The van der Waals surface area contributed by atoms with E-state index >= 15 is 0 Å². The summed E-state index contributed by atoms with van der Waals surface area (Å²) in [5.41, 5.74) is 1.29. The smallest absolute Gasteiger partial charge is 0.255 e. The van der Waals surface area contributed by atoms with Crippen molar-refractivity contribution in [2.75, 3.05) is 6.54 Å². The molecule has 1 saturated heterocycles. The summed E-state index contributed by atoms with van der Waals surface area (Å²) >= 11 is 0. The number of amides is 3. The zero-order chi connectivity index (χ0) is 16.7. The first-order valence-corrected chi connectivity index (χ1v) is 7.37. The number of allylic oxidation sites excluding steroid dienone is 2. The van der Waals surface area contributed by atoms with Crippen molar-refractivity contribution in [2.45, 2.75) is 32.7 Å². The summed E-state index contributed by atoms with van der Waals surface area (Å²) in [6, 6.07) is -0.593. The number of hydrogen-bond donors (Lipinski definition) is 1. The molecule has 2 rings (SSSR count). The molecule has 118 valence electrons. The highest BCUT2D eigenvalue weighted by Gasteiger charge is 2.38. The van der Waals surface area contributed by atoms with Crippen LogP contribution in [0.15, 0.2) is 48.6 Å². The Kier molecular flexibility index (Phi) is 6.50. The van der Waals surface area contributed by atoms with E-state index in [4.69, 9.17) is 0 Å². The Morgan fingerprint density at radius 2 is 1.91 bits per heavy atom. The van der Waals surface area contributed by atoms with Crippen molar-refractivity contribution in [3.63, 3.8) is 0 Å². The molecule has 1 atom stereocenters. The van der Waals surface area contributed by atoms with Crippen LogP contribution in [0.3, 0.4) is 0 Å². The topological polar surface area (TPSA) is 66.5 Å². The minimum atomic E-state index is -0.593. The third kappa shape index (κ3) is 3.61. The van der Waals surface area contributed by atoms with Gasteiger partial charge in [-0.3, -0.25) is 19.7 Å². The SMILES string of the molecule is C=C/C=C\C1=C(C=C)CN(C2CCC(=O)NC2=O)C1=O.CC. The number of nitrogens with one attached hydrogen (secondary N) is 1. The summed E-state index contributed by atoms with van der Waals surface area (Å²) in [4.78, 5) is 36.9. The molecular formula is C17H22N2O3. The van der Waals surface area contributed by atoms with Crippen molar-refractivity contribution in [3.8, 4) is 0 Å². The van der Waals surface area contributed by atoms with E-state index in [2.05, 4.69) is 18.5 Å². The fourth-order valence-corrected chi connectivity index (χ4v) is 2.38. The normalized spacial score (nSPS) is 21.6. The lowest BCUT2D eigenvalue weighted by Crippen LogP contribution is -2.53. The van der Waals surface area contributed by atoms with Gasteiger partial charge < -0.3 is 4.90 Å². The maximum absolute atomic E-state index is 12.4. The van der Waals surface area contributed by atoms with Crippen molar-refractivity contribution in [1.82, 2.24) is 10.2 Å². The molecule has 0 bridgehead atoms. The molecule has 0 aromatic rings. The summed E-state index contributed by atoms with van der Waals surface area (Å²) < 4.78 is 0. The first-order valence-electron chi connectivity index (χ1n) is 7.37. The number of hydrogen-bond acceptors (Lipinski definition) is 3. The second-order valence-electron chi connectivity index (χ2n) is 4.64. The Morgan fingerprint density at radius 3 is 2.45 bits per heavy atom. The largest absolute Gasteiger partial charge is 0.322 e. The van der Waals surface area contributed by atoms with Crippen LogP contribution in [-0.2, 0) is 14.4 Å². The van der Waals surface area contributed by atoms with E-state index in [0.29, 0.717) is 18.5 Å². The molecule has 1 unspecified atom stereocenters. The standard InChI is InChI=1S/C15H16N2O3.C2H6/c1-3-5-6-11-10(4-2)9-17(15(11)20)12-7-8-13(18)16-14(12)19;1-2/h3-6,12H,1-2,7-9H2,(H,16,18,19);1-2H3/b6-5-;.